The highest BCUT2D eigenvalue weighted by atomic mass is 79.9. The van der Waals surface area contributed by atoms with E-state index in [0.29, 0.717) is 23.2 Å². The molecule has 0 heterocycles. The van der Waals surface area contributed by atoms with Gasteiger partial charge in [0, 0.05) is 32.2 Å². The summed E-state index contributed by atoms with van der Waals surface area (Å²) in [6.07, 6.45) is 0.866. The van der Waals surface area contributed by atoms with E-state index in [9.17, 15) is 0 Å². The van der Waals surface area contributed by atoms with Crippen LogP contribution >= 0.6 is 39.1 Å². The number of methoxy groups -OCH3 is 2. The highest BCUT2D eigenvalue weighted by Gasteiger charge is 2.08. The van der Waals surface area contributed by atoms with Gasteiger partial charge in [-0.2, -0.15) is 0 Å². The van der Waals surface area contributed by atoms with Crippen molar-refractivity contribution in [3.8, 4) is 17.2 Å². The molecule has 0 spiro atoms. The highest BCUT2D eigenvalue weighted by Crippen LogP contribution is 2.28. The zero-order valence-corrected chi connectivity index (χ0v) is 20.5. The van der Waals surface area contributed by atoms with Gasteiger partial charge in [-0.3, -0.25) is 0 Å². The third-order valence-electron chi connectivity index (χ3n) is 4.77. The monoisotopic (exact) mass is 523 g/mol. The van der Waals surface area contributed by atoms with Gasteiger partial charge in [0.05, 0.1) is 14.2 Å². The predicted octanol–water partition coefficient (Wildman–Crippen LogP) is 6.68. The zero-order chi connectivity index (χ0) is 22.2. The molecule has 0 amide bonds. The lowest BCUT2D eigenvalue weighted by molar-refractivity contribution is 0.302. The van der Waals surface area contributed by atoms with E-state index in [1.54, 1.807) is 20.3 Å². The molecule has 0 unspecified atom stereocenters. The summed E-state index contributed by atoms with van der Waals surface area (Å²) >= 11 is 15.8. The standard InChI is InChI=1S/C24H24BrCl2NO3/c1-29-23-7-3-16(11-24(23)30-2)9-10-28-14-18-12-19(25)5-8-22(18)31-15-17-4-6-20(26)13-21(17)27/h3-8,11-13,28H,9-10,14-15H2,1-2H3. The van der Waals surface area contributed by atoms with Gasteiger partial charge < -0.3 is 19.5 Å². The predicted molar refractivity (Wildman–Crippen MR) is 130 cm³/mol. The first-order valence-corrected chi connectivity index (χ1v) is 11.3. The highest BCUT2D eigenvalue weighted by molar-refractivity contribution is 9.10. The van der Waals surface area contributed by atoms with Gasteiger partial charge in [0.1, 0.15) is 12.4 Å². The minimum absolute atomic E-state index is 0.371. The Morgan fingerprint density at radius 2 is 1.61 bits per heavy atom. The Bertz CT molecular complexity index is 1030. The SMILES string of the molecule is COc1ccc(CCNCc2cc(Br)ccc2OCc2ccc(Cl)cc2Cl)cc1OC. The topological polar surface area (TPSA) is 39.7 Å². The first-order chi connectivity index (χ1) is 15.0. The summed E-state index contributed by atoms with van der Waals surface area (Å²) in [7, 11) is 3.28. The van der Waals surface area contributed by atoms with Crippen LogP contribution in [0, 0.1) is 0 Å². The van der Waals surface area contributed by atoms with E-state index in [1.807, 2.05) is 42.5 Å². The smallest absolute Gasteiger partial charge is 0.160 e. The fourth-order valence-corrected chi connectivity index (χ4v) is 3.98. The Labute approximate surface area is 201 Å². The Kier molecular flexibility index (Phi) is 8.90. The number of benzene rings is 3. The first kappa shape index (κ1) is 23.7. The van der Waals surface area contributed by atoms with Crippen LogP contribution in [0.25, 0.3) is 0 Å². The van der Waals surface area contributed by atoms with Gasteiger partial charge in [-0.1, -0.05) is 51.3 Å². The second kappa shape index (κ2) is 11.6. The van der Waals surface area contributed by atoms with Crippen LogP contribution in [0.1, 0.15) is 16.7 Å². The van der Waals surface area contributed by atoms with Crippen molar-refractivity contribution >= 4 is 39.1 Å². The Morgan fingerprint density at radius 1 is 0.839 bits per heavy atom. The van der Waals surface area contributed by atoms with Crippen molar-refractivity contribution < 1.29 is 14.2 Å². The Balaban J connectivity index is 1.58. The second-order valence-corrected chi connectivity index (χ2v) is 8.65. The average Bonchev–Trinajstić information content (AvgIpc) is 2.77. The minimum Gasteiger partial charge on any atom is -0.493 e. The van der Waals surface area contributed by atoms with E-state index in [2.05, 4.69) is 27.3 Å². The number of hydrogen-bond donors (Lipinski definition) is 1. The van der Waals surface area contributed by atoms with Crippen LogP contribution in [-0.4, -0.2) is 20.8 Å². The molecular weight excluding hydrogens is 501 g/mol. The number of ether oxygens (including phenoxy) is 3. The Morgan fingerprint density at radius 3 is 2.35 bits per heavy atom. The van der Waals surface area contributed by atoms with Crippen molar-refractivity contribution in [2.45, 2.75) is 19.6 Å². The molecule has 0 radical (unpaired) electrons. The molecule has 7 heteroatoms. The van der Waals surface area contributed by atoms with Gasteiger partial charge in [0.25, 0.3) is 0 Å². The van der Waals surface area contributed by atoms with Gasteiger partial charge >= 0.3 is 0 Å². The van der Waals surface area contributed by atoms with E-state index < -0.39 is 0 Å². The zero-order valence-electron chi connectivity index (χ0n) is 17.4. The molecule has 0 atom stereocenters. The summed E-state index contributed by atoms with van der Waals surface area (Å²) in [5.74, 6) is 2.28. The molecule has 3 aromatic rings. The van der Waals surface area contributed by atoms with E-state index in [0.717, 1.165) is 45.8 Å². The number of nitrogens with one attached hydrogen (secondary N) is 1. The van der Waals surface area contributed by atoms with Crippen LogP contribution in [-0.2, 0) is 19.6 Å². The molecule has 3 rings (SSSR count). The molecule has 0 fully saturated rings. The van der Waals surface area contributed by atoms with E-state index >= 15 is 0 Å². The van der Waals surface area contributed by atoms with Crippen molar-refractivity contribution in [1.82, 2.24) is 5.32 Å². The second-order valence-electron chi connectivity index (χ2n) is 6.89. The van der Waals surface area contributed by atoms with Crippen LogP contribution in [0.2, 0.25) is 10.0 Å². The molecule has 1 N–H and O–H groups in total. The molecule has 0 aliphatic carbocycles. The summed E-state index contributed by atoms with van der Waals surface area (Å²) < 4.78 is 17.7. The molecule has 0 saturated carbocycles. The quantitative estimate of drug-likeness (QED) is 0.300. The summed E-state index contributed by atoms with van der Waals surface area (Å²) in [6, 6.07) is 17.4. The van der Waals surface area contributed by atoms with Crippen molar-refractivity contribution in [2.24, 2.45) is 0 Å². The molecule has 31 heavy (non-hydrogen) atoms. The van der Waals surface area contributed by atoms with Gasteiger partial charge in [0.15, 0.2) is 11.5 Å². The Hall–Kier alpha value is -1.92. The van der Waals surface area contributed by atoms with E-state index in [4.69, 9.17) is 37.4 Å². The van der Waals surface area contributed by atoms with Crippen LogP contribution in [0.15, 0.2) is 59.1 Å². The van der Waals surface area contributed by atoms with Gasteiger partial charge in [-0.05, 0) is 61.0 Å². The normalized spacial score (nSPS) is 10.7. The molecule has 0 bridgehead atoms. The summed E-state index contributed by atoms with van der Waals surface area (Å²) in [5, 5.41) is 4.69. The number of hydrogen-bond acceptors (Lipinski definition) is 4. The maximum Gasteiger partial charge on any atom is 0.160 e. The first-order valence-electron chi connectivity index (χ1n) is 9.77. The summed E-state index contributed by atoms with van der Waals surface area (Å²) in [6.45, 7) is 1.86. The largest absolute Gasteiger partial charge is 0.493 e. The minimum atomic E-state index is 0.371. The molecule has 4 nitrogen and oxygen atoms in total. The van der Waals surface area contributed by atoms with Gasteiger partial charge in [0.2, 0.25) is 0 Å². The van der Waals surface area contributed by atoms with Crippen molar-refractivity contribution in [3.63, 3.8) is 0 Å². The maximum absolute atomic E-state index is 6.26. The van der Waals surface area contributed by atoms with Gasteiger partial charge in [-0.25, -0.2) is 0 Å². The van der Waals surface area contributed by atoms with Crippen molar-refractivity contribution in [2.75, 3.05) is 20.8 Å². The molecule has 0 aliphatic heterocycles. The fourth-order valence-electron chi connectivity index (χ4n) is 3.11. The van der Waals surface area contributed by atoms with Crippen molar-refractivity contribution in [3.05, 3.63) is 85.8 Å². The molecule has 3 aromatic carbocycles. The van der Waals surface area contributed by atoms with Crippen LogP contribution in [0.4, 0.5) is 0 Å². The lowest BCUT2D eigenvalue weighted by Crippen LogP contribution is -2.17. The molecular formula is C24H24BrCl2NO3. The lowest BCUT2D eigenvalue weighted by Gasteiger charge is -2.14. The average molecular weight is 525 g/mol. The van der Waals surface area contributed by atoms with Crippen LogP contribution in [0.3, 0.4) is 0 Å². The third-order valence-corrected chi connectivity index (χ3v) is 5.85. The molecule has 0 aliphatic rings. The lowest BCUT2D eigenvalue weighted by atomic mass is 10.1. The summed E-state index contributed by atoms with van der Waals surface area (Å²) in [5.41, 5.74) is 3.13. The van der Waals surface area contributed by atoms with Crippen LogP contribution < -0.4 is 19.5 Å². The molecule has 0 aromatic heterocycles. The van der Waals surface area contributed by atoms with E-state index in [1.165, 1.54) is 5.56 Å². The molecule has 0 saturated heterocycles. The number of halogens is 3. The van der Waals surface area contributed by atoms with Gasteiger partial charge in [-0.15, -0.1) is 0 Å². The fraction of sp³-hybridized carbons (Fsp3) is 0.250. The maximum atomic E-state index is 6.26. The van der Waals surface area contributed by atoms with Crippen LogP contribution in [0.5, 0.6) is 17.2 Å². The third kappa shape index (κ3) is 6.78. The van der Waals surface area contributed by atoms with E-state index in [-0.39, 0.29) is 0 Å². The van der Waals surface area contributed by atoms with Crippen molar-refractivity contribution in [1.29, 1.82) is 0 Å². The summed E-state index contributed by atoms with van der Waals surface area (Å²) in [4.78, 5) is 0. The number of rotatable bonds is 10. The molecule has 164 valence electrons.